The summed E-state index contributed by atoms with van der Waals surface area (Å²) in [7, 11) is 0. The Bertz CT molecular complexity index is 416. The van der Waals surface area contributed by atoms with Crippen molar-refractivity contribution in [2.45, 2.75) is 32.4 Å². The third kappa shape index (κ3) is 2.55. The van der Waals surface area contributed by atoms with Crippen molar-refractivity contribution in [3.05, 3.63) is 22.6 Å². The van der Waals surface area contributed by atoms with Crippen molar-refractivity contribution >= 4 is 21.8 Å². The van der Waals surface area contributed by atoms with E-state index in [1.54, 1.807) is 0 Å². The minimum atomic E-state index is -0.181. The van der Waals surface area contributed by atoms with Gasteiger partial charge in [0, 0.05) is 19.0 Å². The minimum Gasteiger partial charge on any atom is -0.452 e. The third-order valence-electron chi connectivity index (χ3n) is 2.92. The zero-order chi connectivity index (χ0) is 12.6. The molecule has 5 heteroatoms. The van der Waals surface area contributed by atoms with Crippen LogP contribution in [0.4, 0.5) is 0 Å². The number of amides is 1. The summed E-state index contributed by atoms with van der Waals surface area (Å²) in [6, 6.07) is 3.40. The number of carbonyl (C=O) groups excluding carboxylic acids is 1. The SMILES string of the molecule is CC(C)CN1C(=O)CC(N)C1c1ccc(Br)o1. The number of nitrogens with two attached hydrogens (primary N) is 1. The van der Waals surface area contributed by atoms with E-state index in [1.165, 1.54) is 0 Å². The van der Waals surface area contributed by atoms with E-state index in [0.29, 0.717) is 17.0 Å². The summed E-state index contributed by atoms with van der Waals surface area (Å²) in [5, 5.41) is 0. The maximum atomic E-state index is 11.9. The Hall–Kier alpha value is -0.810. The van der Waals surface area contributed by atoms with E-state index in [9.17, 15) is 4.79 Å². The molecular weight excluding hydrogens is 284 g/mol. The molecule has 0 spiro atoms. The van der Waals surface area contributed by atoms with Crippen molar-refractivity contribution in [2.24, 2.45) is 11.7 Å². The number of likely N-dealkylation sites (tertiary alicyclic amines) is 1. The van der Waals surface area contributed by atoms with Crippen LogP contribution in [0.3, 0.4) is 0 Å². The lowest BCUT2D eigenvalue weighted by Gasteiger charge is -2.26. The van der Waals surface area contributed by atoms with Gasteiger partial charge in [-0.3, -0.25) is 4.79 Å². The zero-order valence-electron chi connectivity index (χ0n) is 10.0. The molecule has 1 aromatic rings. The quantitative estimate of drug-likeness (QED) is 0.932. The molecule has 94 valence electrons. The fourth-order valence-corrected chi connectivity index (χ4v) is 2.60. The summed E-state index contributed by atoms with van der Waals surface area (Å²) in [6.07, 6.45) is 0.399. The Labute approximate surface area is 109 Å². The molecular formula is C12H17BrN2O2. The first-order chi connectivity index (χ1) is 7.99. The van der Waals surface area contributed by atoms with Crippen LogP contribution in [0.1, 0.15) is 32.1 Å². The number of furan rings is 1. The zero-order valence-corrected chi connectivity index (χ0v) is 11.6. The molecule has 0 radical (unpaired) electrons. The summed E-state index contributed by atoms with van der Waals surface area (Å²) in [4.78, 5) is 13.7. The van der Waals surface area contributed by atoms with E-state index < -0.39 is 0 Å². The number of halogens is 1. The van der Waals surface area contributed by atoms with Gasteiger partial charge < -0.3 is 15.1 Å². The minimum absolute atomic E-state index is 0.115. The van der Waals surface area contributed by atoms with Crippen LogP contribution in [0.15, 0.2) is 21.2 Å². The second-order valence-electron chi connectivity index (χ2n) is 4.89. The van der Waals surface area contributed by atoms with Crippen LogP contribution in [0.2, 0.25) is 0 Å². The van der Waals surface area contributed by atoms with Crippen molar-refractivity contribution in [3.8, 4) is 0 Å². The molecule has 2 unspecified atom stereocenters. The lowest BCUT2D eigenvalue weighted by molar-refractivity contribution is -0.129. The molecule has 2 atom stereocenters. The van der Waals surface area contributed by atoms with Gasteiger partial charge in [-0.1, -0.05) is 13.8 Å². The Balaban J connectivity index is 2.25. The second kappa shape index (κ2) is 4.82. The molecule has 2 rings (SSSR count). The van der Waals surface area contributed by atoms with Gasteiger partial charge in [0.2, 0.25) is 5.91 Å². The summed E-state index contributed by atoms with van der Waals surface area (Å²) >= 11 is 3.27. The molecule has 0 bridgehead atoms. The van der Waals surface area contributed by atoms with Crippen LogP contribution >= 0.6 is 15.9 Å². The molecule has 1 aliphatic rings. The number of rotatable bonds is 3. The molecule has 17 heavy (non-hydrogen) atoms. The maximum absolute atomic E-state index is 11.9. The smallest absolute Gasteiger partial charge is 0.224 e. The van der Waals surface area contributed by atoms with Crippen molar-refractivity contribution < 1.29 is 9.21 Å². The molecule has 1 aliphatic heterocycles. The summed E-state index contributed by atoms with van der Waals surface area (Å²) in [5.74, 6) is 1.30. The van der Waals surface area contributed by atoms with E-state index in [-0.39, 0.29) is 18.0 Å². The molecule has 1 aromatic heterocycles. The van der Waals surface area contributed by atoms with Gasteiger partial charge in [0.05, 0.1) is 0 Å². The van der Waals surface area contributed by atoms with Gasteiger partial charge >= 0.3 is 0 Å². The van der Waals surface area contributed by atoms with Gasteiger partial charge in [-0.25, -0.2) is 0 Å². The van der Waals surface area contributed by atoms with E-state index >= 15 is 0 Å². The fourth-order valence-electron chi connectivity index (χ4n) is 2.28. The molecule has 1 amide bonds. The first-order valence-corrected chi connectivity index (χ1v) is 6.58. The number of hydrogen-bond acceptors (Lipinski definition) is 3. The lowest BCUT2D eigenvalue weighted by Crippen LogP contribution is -2.35. The number of carbonyl (C=O) groups is 1. The highest BCUT2D eigenvalue weighted by molar-refractivity contribution is 9.10. The fraction of sp³-hybridized carbons (Fsp3) is 0.583. The van der Waals surface area contributed by atoms with Gasteiger partial charge in [-0.2, -0.15) is 0 Å². The van der Waals surface area contributed by atoms with E-state index in [1.807, 2.05) is 17.0 Å². The van der Waals surface area contributed by atoms with E-state index in [4.69, 9.17) is 10.2 Å². The van der Waals surface area contributed by atoms with Crippen LogP contribution in [0.5, 0.6) is 0 Å². The van der Waals surface area contributed by atoms with Gasteiger partial charge in [-0.05, 0) is 34.0 Å². The van der Waals surface area contributed by atoms with Gasteiger partial charge in [-0.15, -0.1) is 0 Å². The predicted molar refractivity (Wildman–Crippen MR) is 68.3 cm³/mol. The molecule has 4 nitrogen and oxygen atoms in total. The third-order valence-corrected chi connectivity index (χ3v) is 3.35. The summed E-state index contributed by atoms with van der Waals surface area (Å²) in [5.41, 5.74) is 6.04. The average molecular weight is 301 g/mol. The van der Waals surface area contributed by atoms with Crippen molar-refractivity contribution in [2.75, 3.05) is 6.54 Å². The maximum Gasteiger partial charge on any atom is 0.224 e. The molecule has 1 saturated heterocycles. The van der Waals surface area contributed by atoms with Crippen molar-refractivity contribution in [1.29, 1.82) is 0 Å². The first-order valence-electron chi connectivity index (χ1n) is 5.79. The second-order valence-corrected chi connectivity index (χ2v) is 5.68. The Morgan fingerprint density at radius 1 is 1.59 bits per heavy atom. The number of nitrogens with zero attached hydrogens (tertiary/aromatic N) is 1. The molecule has 2 N–H and O–H groups in total. The largest absolute Gasteiger partial charge is 0.452 e. The standard InChI is InChI=1S/C12H17BrN2O2/c1-7(2)6-15-11(16)5-8(14)12(15)9-3-4-10(13)17-9/h3-4,7-8,12H,5-6,14H2,1-2H3. The first kappa shape index (κ1) is 12.6. The van der Waals surface area contributed by atoms with E-state index in [2.05, 4.69) is 29.8 Å². The van der Waals surface area contributed by atoms with Gasteiger partial charge in [0.25, 0.3) is 0 Å². The highest BCUT2D eigenvalue weighted by Crippen LogP contribution is 2.34. The molecule has 0 aliphatic carbocycles. The highest BCUT2D eigenvalue weighted by atomic mass is 79.9. The van der Waals surface area contributed by atoms with Crippen LogP contribution < -0.4 is 5.73 Å². The Morgan fingerprint density at radius 3 is 2.82 bits per heavy atom. The topological polar surface area (TPSA) is 59.5 Å². The predicted octanol–water partition coefficient (Wildman–Crippen LogP) is 2.30. The van der Waals surface area contributed by atoms with Crippen molar-refractivity contribution in [1.82, 2.24) is 4.90 Å². The van der Waals surface area contributed by atoms with Gasteiger partial charge in [0.1, 0.15) is 11.8 Å². The Kier molecular flexibility index (Phi) is 3.58. The average Bonchev–Trinajstić information content (AvgIpc) is 2.72. The molecule has 0 saturated carbocycles. The number of hydrogen-bond donors (Lipinski definition) is 1. The van der Waals surface area contributed by atoms with Crippen LogP contribution in [0.25, 0.3) is 0 Å². The van der Waals surface area contributed by atoms with Crippen LogP contribution in [-0.2, 0) is 4.79 Å². The highest BCUT2D eigenvalue weighted by Gasteiger charge is 2.40. The normalized spacial score (nSPS) is 25.0. The van der Waals surface area contributed by atoms with Gasteiger partial charge in [0.15, 0.2) is 4.67 Å². The molecule has 0 aromatic carbocycles. The van der Waals surface area contributed by atoms with Crippen molar-refractivity contribution in [3.63, 3.8) is 0 Å². The molecule has 2 heterocycles. The molecule has 1 fully saturated rings. The lowest BCUT2D eigenvalue weighted by atomic mass is 10.1. The summed E-state index contributed by atoms with van der Waals surface area (Å²) in [6.45, 7) is 4.90. The van der Waals surface area contributed by atoms with Crippen LogP contribution in [-0.4, -0.2) is 23.4 Å². The summed E-state index contributed by atoms with van der Waals surface area (Å²) < 4.78 is 6.21. The van der Waals surface area contributed by atoms with Crippen LogP contribution in [0, 0.1) is 5.92 Å². The monoisotopic (exact) mass is 300 g/mol. The Morgan fingerprint density at radius 2 is 2.29 bits per heavy atom. The van der Waals surface area contributed by atoms with E-state index in [0.717, 1.165) is 12.3 Å².